The SMILES string of the molecule is CC1(C)CN(C(=O)C2CCSCC2)CCC1N.Cl. The van der Waals surface area contributed by atoms with Crippen LogP contribution in [0.2, 0.25) is 0 Å². The van der Waals surface area contributed by atoms with Crippen molar-refractivity contribution in [2.75, 3.05) is 24.6 Å². The van der Waals surface area contributed by atoms with Crippen molar-refractivity contribution in [3.05, 3.63) is 0 Å². The van der Waals surface area contributed by atoms with Crippen LogP contribution < -0.4 is 5.73 Å². The molecule has 2 fully saturated rings. The molecule has 106 valence electrons. The van der Waals surface area contributed by atoms with Crippen molar-refractivity contribution in [2.45, 2.75) is 39.2 Å². The fourth-order valence-corrected chi connectivity index (χ4v) is 3.87. The Kier molecular flexibility index (Phi) is 5.81. The number of thioether (sulfide) groups is 1. The van der Waals surface area contributed by atoms with Crippen LogP contribution in [0.4, 0.5) is 0 Å². The average Bonchev–Trinajstić information content (AvgIpc) is 2.33. The number of piperidine rings is 1. The van der Waals surface area contributed by atoms with E-state index < -0.39 is 0 Å². The van der Waals surface area contributed by atoms with E-state index in [1.54, 1.807) is 0 Å². The van der Waals surface area contributed by atoms with Crippen LogP contribution in [0.3, 0.4) is 0 Å². The topological polar surface area (TPSA) is 46.3 Å². The largest absolute Gasteiger partial charge is 0.342 e. The summed E-state index contributed by atoms with van der Waals surface area (Å²) < 4.78 is 0. The van der Waals surface area contributed by atoms with Gasteiger partial charge in [0.1, 0.15) is 0 Å². The standard InChI is InChI=1S/C13H24N2OS.ClH/c1-13(2)9-15(6-3-11(13)14)12(16)10-4-7-17-8-5-10;/h10-11H,3-9,14H2,1-2H3;1H. The summed E-state index contributed by atoms with van der Waals surface area (Å²) in [6.07, 6.45) is 3.07. The highest BCUT2D eigenvalue weighted by molar-refractivity contribution is 7.99. The molecule has 0 saturated carbocycles. The Morgan fingerprint density at radius 3 is 2.44 bits per heavy atom. The zero-order valence-corrected chi connectivity index (χ0v) is 13.0. The van der Waals surface area contributed by atoms with Crippen molar-refractivity contribution < 1.29 is 4.79 Å². The minimum Gasteiger partial charge on any atom is -0.342 e. The molecule has 0 bridgehead atoms. The third-order valence-corrected chi connectivity index (χ3v) is 5.24. The highest BCUT2D eigenvalue weighted by Gasteiger charge is 2.37. The highest BCUT2D eigenvalue weighted by Crippen LogP contribution is 2.31. The molecule has 2 aliphatic heterocycles. The third-order valence-electron chi connectivity index (χ3n) is 4.19. The lowest BCUT2D eigenvalue weighted by Gasteiger charge is -2.43. The minimum absolute atomic E-state index is 0. The van der Waals surface area contributed by atoms with Crippen molar-refractivity contribution >= 4 is 30.1 Å². The monoisotopic (exact) mass is 292 g/mol. The summed E-state index contributed by atoms with van der Waals surface area (Å²) in [6.45, 7) is 6.03. The molecule has 0 aromatic rings. The fourth-order valence-electron chi connectivity index (χ4n) is 2.76. The van der Waals surface area contributed by atoms with E-state index in [2.05, 4.69) is 18.7 Å². The van der Waals surface area contributed by atoms with Gasteiger partial charge in [-0.2, -0.15) is 11.8 Å². The number of likely N-dealkylation sites (tertiary alicyclic amines) is 1. The highest BCUT2D eigenvalue weighted by atomic mass is 35.5. The molecule has 0 aromatic carbocycles. The first-order valence-corrected chi connectivity index (χ1v) is 7.78. The van der Waals surface area contributed by atoms with Gasteiger partial charge < -0.3 is 10.6 Å². The summed E-state index contributed by atoms with van der Waals surface area (Å²) in [6, 6.07) is 0.230. The van der Waals surface area contributed by atoms with Crippen molar-refractivity contribution in [1.29, 1.82) is 0 Å². The van der Waals surface area contributed by atoms with Crippen LogP contribution in [0.15, 0.2) is 0 Å². The first-order chi connectivity index (χ1) is 8.00. The van der Waals surface area contributed by atoms with Gasteiger partial charge in [0.2, 0.25) is 5.91 Å². The molecule has 1 unspecified atom stereocenters. The van der Waals surface area contributed by atoms with Crippen LogP contribution >= 0.6 is 24.2 Å². The number of nitrogens with two attached hydrogens (primary N) is 1. The minimum atomic E-state index is 0. The maximum Gasteiger partial charge on any atom is 0.225 e. The Morgan fingerprint density at radius 1 is 1.28 bits per heavy atom. The van der Waals surface area contributed by atoms with E-state index in [1.807, 2.05) is 11.8 Å². The van der Waals surface area contributed by atoms with E-state index in [1.165, 1.54) is 0 Å². The number of rotatable bonds is 1. The maximum absolute atomic E-state index is 12.4. The quantitative estimate of drug-likeness (QED) is 0.805. The molecule has 0 spiro atoms. The number of halogens is 1. The molecule has 2 rings (SSSR count). The Labute approximate surface area is 121 Å². The normalized spacial score (nSPS) is 28.6. The number of amides is 1. The number of nitrogens with zero attached hydrogens (tertiary/aromatic N) is 1. The van der Waals surface area contributed by atoms with Gasteiger partial charge in [-0.1, -0.05) is 13.8 Å². The predicted octanol–water partition coefficient (Wildman–Crippen LogP) is 2.14. The number of hydrogen-bond donors (Lipinski definition) is 1. The van der Waals surface area contributed by atoms with Crippen LogP contribution in [0.1, 0.15) is 33.1 Å². The Bertz CT molecular complexity index is 293. The van der Waals surface area contributed by atoms with Crippen molar-refractivity contribution in [1.82, 2.24) is 4.90 Å². The summed E-state index contributed by atoms with van der Waals surface area (Å²) in [5.74, 6) is 2.95. The molecule has 0 aromatic heterocycles. The lowest BCUT2D eigenvalue weighted by atomic mass is 9.79. The maximum atomic E-state index is 12.4. The average molecular weight is 293 g/mol. The molecule has 2 aliphatic rings. The molecule has 0 radical (unpaired) electrons. The zero-order chi connectivity index (χ0) is 12.5. The second-order valence-electron chi connectivity index (χ2n) is 6.03. The second kappa shape index (κ2) is 6.49. The van der Waals surface area contributed by atoms with E-state index in [0.29, 0.717) is 5.91 Å². The molecular weight excluding hydrogens is 268 g/mol. The first-order valence-electron chi connectivity index (χ1n) is 6.63. The van der Waals surface area contributed by atoms with Crippen LogP contribution in [-0.2, 0) is 4.79 Å². The Balaban J connectivity index is 0.00000162. The lowest BCUT2D eigenvalue weighted by Crippen LogP contribution is -2.55. The summed E-state index contributed by atoms with van der Waals surface area (Å²) in [5, 5.41) is 0. The molecule has 5 heteroatoms. The molecule has 1 amide bonds. The smallest absolute Gasteiger partial charge is 0.225 e. The van der Waals surface area contributed by atoms with E-state index in [0.717, 1.165) is 43.9 Å². The molecule has 2 heterocycles. The van der Waals surface area contributed by atoms with Gasteiger partial charge in [0.25, 0.3) is 0 Å². The number of carbonyl (C=O) groups is 1. The van der Waals surface area contributed by atoms with E-state index in [9.17, 15) is 4.79 Å². The van der Waals surface area contributed by atoms with Gasteiger partial charge in [-0.15, -0.1) is 12.4 Å². The van der Waals surface area contributed by atoms with Gasteiger partial charge in [0.15, 0.2) is 0 Å². The van der Waals surface area contributed by atoms with Crippen LogP contribution in [0.25, 0.3) is 0 Å². The van der Waals surface area contributed by atoms with Crippen molar-refractivity contribution in [2.24, 2.45) is 17.1 Å². The Hall–Kier alpha value is 0.0700. The molecule has 2 N–H and O–H groups in total. The summed E-state index contributed by atoms with van der Waals surface area (Å²) in [4.78, 5) is 14.5. The molecule has 3 nitrogen and oxygen atoms in total. The summed E-state index contributed by atoms with van der Waals surface area (Å²) in [7, 11) is 0. The van der Waals surface area contributed by atoms with E-state index >= 15 is 0 Å². The molecule has 0 aliphatic carbocycles. The molecular formula is C13H25ClN2OS. The van der Waals surface area contributed by atoms with Gasteiger partial charge in [-0.05, 0) is 36.2 Å². The predicted molar refractivity (Wildman–Crippen MR) is 80.3 cm³/mol. The first kappa shape index (κ1) is 16.1. The molecule has 1 atom stereocenters. The van der Waals surface area contributed by atoms with E-state index in [4.69, 9.17) is 5.73 Å². The number of hydrogen-bond acceptors (Lipinski definition) is 3. The second-order valence-corrected chi connectivity index (χ2v) is 7.25. The Morgan fingerprint density at radius 2 is 1.89 bits per heavy atom. The zero-order valence-electron chi connectivity index (χ0n) is 11.4. The third kappa shape index (κ3) is 3.55. The van der Waals surface area contributed by atoms with Gasteiger partial charge in [-0.25, -0.2) is 0 Å². The summed E-state index contributed by atoms with van der Waals surface area (Å²) in [5.41, 5.74) is 6.18. The van der Waals surface area contributed by atoms with Crippen LogP contribution in [0.5, 0.6) is 0 Å². The summed E-state index contributed by atoms with van der Waals surface area (Å²) >= 11 is 1.97. The van der Waals surface area contributed by atoms with Crippen molar-refractivity contribution in [3.8, 4) is 0 Å². The van der Waals surface area contributed by atoms with Gasteiger partial charge in [0, 0.05) is 25.0 Å². The number of carbonyl (C=O) groups excluding carboxylic acids is 1. The van der Waals surface area contributed by atoms with Crippen molar-refractivity contribution in [3.63, 3.8) is 0 Å². The van der Waals surface area contributed by atoms with E-state index in [-0.39, 0.29) is 29.8 Å². The molecule has 18 heavy (non-hydrogen) atoms. The van der Waals surface area contributed by atoms with Crippen LogP contribution in [-0.4, -0.2) is 41.4 Å². The fraction of sp³-hybridized carbons (Fsp3) is 0.923. The molecule has 2 saturated heterocycles. The van der Waals surface area contributed by atoms with Gasteiger partial charge >= 0.3 is 0 Å². The van der Waals surface area contributed by atoms with Gasteiger partial charge in [-0.3, -0.25) is 4.79 Å². The van der Waals surface area contributed by atoms with Crippen LogP contribution in [0, 0.1) is 11.3 Å². The lowest BCUT2D eigenvalue weighted by molar-refractivity contribution is -0.139. The van der Waals surface area contributed by atoms with Gasteiger partial charge in [0.05, 0.1) is 0 Å².